The Balaban J connectivity index is 1.66. The van der Waals surface area contributed by atoms with E-state index in [9.17, 15) is 9.90 Å². The summed E-state index contributed by atoms with van der Waals surface area (Å²) >= 11 is 0. The molecule has 1 aliphatic heterocycles. The van der Waals surface area contributed by atoms with Gasteiger partial charge in [0.05, 0.1) is 12.5 Å². The van der Waals surface area contributed by atoms with Crippen molar-refractivity contribution < 1.29 is 9.90 Å². The Labute approximate surface area is 133 Å². The van der Waals surface area contributed by atoms with Crippen molar-refractivity contribution in [3.05, 3.63) is 35.4 Å². The molecule has 1 heterocycles. The number of carbonyl (C=O) groups excluding carboxylic acids is 1. The normalized spacial score (nSPS) is 18.1. The molecule has 0 bridgehead atoms. The van der Waals surface area contributed by atoms with Crippen molar-refractivity contribution in [3.63, 3.8) is 0 Å². The maximum atomic E-state index is 11.9. The molecule has 22 heavy (non-hydrogen) atoms. The van der Waals surface area contributed by atoms with Gasteiger partial charge in [-0.1, -0.05) is 36.8 Å². The predicted molar refractivity (Wildman–Crippen MR) is 88.7 cm³/mol. The van der Waals surface area contributed by atoms with Crippen molar-refractivity contribution in [3.8, 4) is 0 Å². The monoisotopic (exact) mass is 304 g/mol. The number of carbonyl (C=O) groups is 1. The summed E-state index contributed by atoms with van der Waals surface area (Å²) in [4.78, 5) is 14.2. The second-order valence-electron chi connectivity index (χ2n) is 6.60. The fourth-order valence-electron chi connectivity index (χ4n) is 2.79. The van der Waals surface area contributed by atoms with Gasteiger partial charge < -0.3 is 15.3 Å². The molecular weight excluding hydrogens is 276 g/mol. The van der Waals surface area contributed by atoms with Crippen LogP contribution in [0, 0.1) is 12.8 Å². The minimum atomic E-state index is -0.490. The molecule has 1 saturated heterocycles. The smallest absolute Gasteiger partial charge is 0.224 e. The van der Waals surface area contributed by atoms with E-state index < -0.39 is 6.10 Å². The van der Waals surface area contributed by atoms with Gasteiger partial charge in [0.15, 0.2) is 0 Å². The molecule has 1 fully saturated rings. The van der Waals surface area contributed by atoms with E-state index >= 15 is 0 Å². The Morgan fingerprint density at radius 2 is 1.95 bits per heavy atom. The zero-order chi connectivity index (χ0) is 15.9. The fourth-order valence-corrected chi connectivity index (χ4v) is 2.79. The molecule has 1 aromatic carbocycles. The molecule has 0 aliphatic carbocycles. The van der Waals surface area contributed by atoms with Crippen LogP contribution in [-0.2, 0) is 11.2 Å². The number of hydrogen-bond donors (Lipinski definition) is 2. The zero-order valence-electron chi connectivity index (χ0n) is 13.7. The highest BCUT2D eigenvalue weighted by Crippen LogP contribution is 2.15. The lowest BCUT2D eigenvalue weighted by Gasteiger charge is -2.31. The van der Waals surface area contributed by atoms with Gasteiger partial charge in [0, 0.05) is 13.1 Å². The van der Waals surface area contributed by atoms with Crippen molar-refractivity contribution in [2.75, 3.05) is 26.2 Å². The summed E-state index contributed by atoms with van der Waals surface area (Å²) in [7, 11) is 0. The van der Waals surface area contributed by atoms with Gasteiger partial charge in [0.25, 0.3) is 0 Å². The van der Waals surface area contributed by atoms with Crippen LogP contribution in [0.5, 0.6) is 0 Å². The Bertz CT molecular complexity index is 464. The zero-order valence-corrected chi connectivity index (χ0v) is 13.7. The minimum absolute atomic E-state index is 0.0323. The summed E-state index contributed by atoms with van der Waals surface area (Å²) < 4.78 is 0. The largest absolute Gasteiger partial charge is 0.390 e. The number of hydrogen-bond acceptors (Lipinski definition) is 3. The first-order valence-electron chi connectivity index (χ1n) is 8.25. The van der Waals surface area contributed by atoms with Gasteiger partial charge >= 0.3 is 0 Å². The highest BCUT2D eigenvalue weighted by Gasteiger charge is 2.18. The van der Waals surface area contributed by atoms with Gasteiger partial charge in [0.2, 0.25) is 5.91 Å². The topological polar surface area (TPSA) is 52.6 Å². The van der Waals surface area contributed by atoms with Crippen LogP contribution in [0.4, 0.5) is 0 Å². The van der Waals surface area contributed by atoms with Gasteiger partial charge in [-0.15, -0.1) is 0 Å². The van der Waals surface area contributed by atoms with Gasteiger partial charge in [-0.2, -0.15) is 0 Å². The number of nitrogens with zero attached hydrogens (tertiary/aromatic N) is 1. The van der Waals surface area contributed by atoms with Crippen LogP contribution in [0.1, 0.15) is 30.9 Å². The van der Waals surface area contributed by atoms with E-state index in [2.05, 4.69) is 17.1 Å². The molecule has 0 saturated carbocycles. The molecule has 0 spiro atoms. The van der Waals surface area contributed by atoms with Gasteiger partial charge in [-0.05, 0) is 44.3 Å². The lowest BCUT2D eigenvalue weighted by Crippen LogP contribution is -2.43. The Kier molecular flexibility index (Phi) is 6.40. The van der Waals surface area contributed by atoms with E-state index in [1.807, 2.05) is 31.2 Å². The maximum Gasteiger partial charge on any atom is 0.224 e. The molecule has 1 aromatic rings. The molecule has 4 nitrogen and oxygen atoms in total. The van der Waals surface area contributed by atoms with E-state index in [1.165, 1.54) is 18.4 Å². The standard InChI is InChI=1S/C18H28N2O2/c1-14-3-5-16(6-4-14)11-18(22)19-12-17(21)13-20-9-7-15(2)8-10-20/h3-6,15,17,21H,7-13H2,1-2H3,(H,19,22). The summed E-state index contributed by atoms with van der Waals surface area (Å²) in [6.07, 6.45) is 2.28. The second-order valence-corrected chi connectivity index (χ2v) is 6.60. The molecule has 1 amide bonds. The number of amides is 1. The number of piperidine rings is 1. The first-order valence-corrected chi connectivity index (χ1v) is 8.25. The van der Waals surface area contributed by atoms with Crippen LogP contribution in [0.3, 0.4) is 0 Å². The third-order valence-electron chi connectivity index (χ3n) is 4.37. The highest BCUT2D eigenvalue weighted by atomic mass is 16.3. The second kappa shape index (κ2) is 8.30. The molecule has 2 N–H and O–H groups in total. The summed E-state index contributed by atoms with van der Waals surface area (Å²) in [5, 5.41) is 12.9. The molecule has 1 atom stereocenters. The lowest BCUT2D eigenvalue weighted by atomic mass is 9.99. The number of β-amino-alcohol motifs (C(OH)–C–C–N with tert-alkyl or cyclic N) is 1. The van der Waals surface area contributed by atoms with Gasteiger partial charge in [0.1, 0.15) is 0 Å². The van der Waals surface area contributed by atoms with E-state index in [1.54, 1.807) is 0 Å². The summed E-state index contributed by atoms with van der Waals surface area (Å²) in [5.74, 6) is 0.762. The van der Waals surface area contributed by atoms with Crippen molar-refractivity contribution >= 4 is 5.91 Å². The molecular formula is C18H28N2O2. The Morgan fingerprint density at radius 1 is 1.32 bits per heavy atom. The molecule has 1 unspecified atom stereocenters. The Hall–Kier alpha value is -1.39. The molecule has 0 aromatic heterocycles. The average molecular weight is 304 g/mol. The van der Waals surface area contributed by atoms with Crippen LogP contribution >= 0.6 is 0 Å². The highest BCUT2D eigenvalue weighted by molar-refractivity contribution is 5.78. The molecule has 122 valence electrons. The third-order valence-corrected chi connectivity index (χ3v) is 4.37. The van der Waals surface area contributed by atoms with Crippen molar-refractivity contribution in [2.24, 2.45) is 5.92 Å². The van der Waals surface area contributed by atoms with Crippen LogP contribution < -0.4 is 5.32 Å². The first kappa shape index (κ1) is 17.0. The van der Waals surface area contributed by atoms with Gasteiger partial charge in [-0.3, -0.25) is 4.79 Å². The molecule has 1 aliphatic rings. The number of aliphatic hydroxyl groups is 1. The third kappa shape index (κ3) is 5.78. The number of aliphatic hydroxyl groups excluding tert-OH is 1. The van der Waals surface area contributed by atoms with Crippen LogP contribution in [0.15, 0.2) is 24.3 Å². The van der Waals surface area contributed by atoms with Crippen molar-refractivity contribution in [1.29, 1.82) is 0 Å². The van der Waals surface area contributed by atoms with Crippen LogP contribution in [0.25, 0.3) is 0 Å². The van der Waals surface area contributed by atoms with Crippen LogP contribution in [0.2, 0.25) is 0 Å². The van der Waals surface area contributed by atoms with Crippen molar-refractivity contribution in [2.45, 2.75) is 39.2 Å². The summed E-state index contributed by atoms with van der Waals surface area (Å²) in [6.45, 7) is 7.39. The van der Waals surface area contributed by atoms with E-state index in [4.69, 9.17) is 0 Å². The molecule has 4 heteroatoms. The molecule has 2 rings (SSSR count). The fraction of sp³-hybridized carbons (Fsp3) is 0.611. The lowest BCUT2D eigenvalue weighted by molar-refractivity contribution is -0.121. The number of rotatable bonds is 6. The Morgan fingerprint density at radius 3 is 2.59 bits per heavy atom. The number of benzene rings is 1. The van der Waals surface area contributed by atoms with E-state index in [0.717, 1.165) is 24.6 Å². The van der Waals surface area contributed by atoms with Crippen LogP contribution in [-0.4, -0.2) is 48.2 Å². The molecule has 0 radical (unpaired) electrons. The number of nitrogens with one attached hydrogen (secondary N) is 1. The SMILES string of the molecule is Cc1ccc(CC(=O)NCC(O)CN2CCC(C)CC2)cc1. The predicted octanol–water partition coefficient (Wildman–Crippen LogP) is 1.75. The quantitative estimate of drug-likeness (QED) is 0.842. The van der Waals surface area contributed by atoms with E-state index in [-0.39, 0.29) is 5.91 Å². The summed E-state index contributed by atoms with van der Waals surface area (Å²) in [5.41, 5.74) is 2.19. The number of aryl methyl sites for hydroxylation is 1. The summed E-state index contributed by atoms with van der Waals surface area (Å²) in [6, 6.07) is 7.96. The van der Waals surface area contributed by atoms with Crippen molar-refractivity contribution in [1.82, 2.24) is 10.2 Å². The van der Waals surface area contributed by atoms with E-state index in [0.29, 0.717) is 19.5 Å². The van der Waals surface area contributed by atoms with Gasteiger partial charge in [-0.25, -0.2) is 0 Å². The first-order chi connectivity index (χ1) is 10.5. The minimum Gasteiger partial charge on any atom is -0.390 e. The maximum absolute atomic E-state index is 11.9. The average Bonchev–Trinajstić information content (AvgIpc) is 2.50. The number of likely N-dealkylation sites (tertiary alicyclic amines) is 1.